The lowest BCUT2D eigenvalue weighted by molar-refractivity contribution is -0.121. The number of hydrogen-bond donors (Lipinski definition) is 2. The maximum absolute atomic E-state index is 12.3. The highest BCUT2D eigenvalue weighted by atomic mass is 16.5. The normalized spacial score (nSPS) is 18.3. The maximum Gasteiger partial charge on any atom is 0.255 e. The second-order valence-electron chi connectivity index (χ2n) is 6.31. The molecule has 0 radical (unpaired) electrons. The van der Waals surface area contributed by atoms with Gasteiger partial charge >= 0.3 is 0 Å². The van der Waals surface area contributed by atoms with Gasteiger partial charge < -0.3 is 15.4 Å². The van der Waals surface area contributed by atoms with Gasteiger partial charge in [-0.1, -0.05) is 43.3 Å². The van der Waals surface area contributed by atoms with E-state index in [1.165, 1.54) is 18.2 Å². The molecule has 5 heteroatoms. The molecule has 2 N–H and O–H groups in total. The first kappa shape index (κ1) is 17.0. The molecular formula is C20H22N2O3. The summed E-state index contributed by atoms with van der Waals surface area (Å²) in [5, 5.41) is 5.69. The number of benzene rings is 2. The summed E-state index contributed by atoms with van der Waals surface area (Å²) in [6.45, 7) is 2.06. The number of hydrogen-bond acceptors (Lipinski definition) is 3. The van der Waals surface area contributed by atoms with Crippen molar-refractivity contribution in [1.29, 1.82) is 0 Å². The standard InChI is InChI=1S/C20H22N2O3/c1-13-11-14-7-3-4-8-15(14)19(13)22-18(23)12-21-20(24)16-9-5-6-10-17(16)25-2/h3-10,13,19H,11-12H2,1-2H3,(H,21,24)(H,22,23)/t13-,19+/m1/s1. The fourth-order valence-electron chi connectivity index (χ4n) is 3.33. The lowest BCUT2D eigenvalue weighted by Crippen LogP contribution is -2.39. The molecule has 0 unspecified atom stereocenters. The van der Waals surface area contributed by atoms with Gasteiger partial charge in [-0.25, -0.2) is 0 Å². The molecule has 2 amide bonds. The van der Waals surface area contributed by atoms with Crippen LogP contribution in [0.3, 0.4) is 0 Å². The van der Waals surface area contributed by atoms with E-state index in [1.807, 2.05) is 12.1 Å². The van der Waals surface area contributed by atoms with E-state index in [2.05, 4.69) is 29.7 Å². The van der Waals surface area contributed by atoms with Crippen LogP contribution >= 0.6 is 0 Å². The third-order valence-corrected chi connectivity index (χ3v) is 4.58. The minimum absolute atomic E-state index is 0.00753. The summed E-state index contributed by atoms with van der Waals surface area (Å²) < 4.78 is 5.17. The van der Waals surface area contributed by atoms with Crippen molar-refractivity contribution in [2.45, 2.75) is 19.4 Å². The smallest absolute Gasteiger partial charge is 0.255 e. The van der Waals surface area contributed by atoms with Crippen LogP contribution in [0.1, 0.15) is 34.5 Å². The van der Waals surface area contributed by atoms with Crippen LogP contribution in [0.2, 0.25) is 0 Å². The summed E-state index contributed by atoms with van der Waals surface area (Å²) in [5.41, 5.74) is 2.86. The Hall–Kier alpha value is -2.82. The number of nitrogens with one attached hydrogen (secondary N) is 2. The first-order chi connectivity index (χ1) is 12.1. The van der Waals surface area contributed by atoms with Crippen molar-refractivity contribution in [3.8, 4) is 5.75 Å². The topological polar surface area (TPSA) is 67.4 Å². The molecule has 0 aromatic heterocycles. The van der Waals surface area contributed by atoms with Crippen molar-refractivity contribution in [2.24, 2.45) is 5.92 Å². The van der Waals surface area contributed by atoms with Gasteiger partial charge in [-0.15, -0.1) is 0 Å². The molecule has 2 aromatic carbocycles. The Morgan fingerprint density at radius 1 is 1.12 bits per heavy atom. The van der Waals surface area contributed by atoms with Crippen molar-refractivity contribution in [3.63, 3.8) is 0 Å². The van der Waals surface area contributed by atoms with E-state index < -0.39 is 0 Å². The number of rotatable bonds is 5. The largest absolute Gasteiger partial charge is 0.496 e. The number of amides is 2. The number of ether oxygens (including phenoxy) is 1. The predicted octanol–water partition coefficient (Wildman–Crippen LogP) is 2.47. The average Bonchev–Trinajstić information content (AvgIpc) is 2.95. The molecule has 0 aliphatic heterocycles. The fraction of sp³-hybridized carbons (Fsp3) is 0.300. The van der Waals surface area contributed by atoms with Gasteiger partial charge in [0.25, 0.3) is 5.91 Å². The molecule has 3 rings (SSSR count). The summed E-state index contributed by atoms with van der Waals surface area (Å²) in [7, 11) is 1.51. The second kappa shape index (κ2) is 7.38. The molecular weight excluding hydrogens is 316 g/mol. The van der Waals surface area contributed by atoms with Crippen LogP contribution in [0.4, 0.5) is 0 Å². The van der Waals surface area contributed by atoms with Crippen molar-refractivity contribution in [1.82, 2.24) is 10.6 Å². The molecule has 0 bridgehead atoms. The minimum Gasteiger partial charge on any atom is -0.496 e. The molecule has 0 fully saturated rings. The molecule has 1 aliphatic rings. The van der Waals surface area contributed by atoms with Crippen molar-refractivity contribution >= 4 is 11.8 Å². The lowest BCUT2D eigenvalue weighted by Gasteiger charge is -2.19. The van der Waals surface area contributed by atoms with Gasteiger partial charge in [0.2, 0.25) is 5.91 Å². The summed E-state index contributed by atoms with van der Waals surface area (Å²) >= 11 is 0. The highest BCUT2D eigenvalue weighted by molar-refractivity contribution is 5.98. The lowest BCUT2D eigenvalue weighted by atomic mass is 10.0. The first-order valence-electron chi connectivity index (χ1n) is 8.38. The van der Waals surface area contributed by atoms with E-state index in [-0.39, 0.29) is 24.4 Å². The monoisotopic (exact) mass is 338 g/mol. The van der Waals surface area contributed by atoms with Gasteiger partial charge in [0.05, 0.1) is 25.3 Å². The minimum atomic E-state index is -0.326. The van der Waals surface area contributed by atoms with Crippen LogP contribution in [-0.4, -0.2) is 25.5 Å². The zero-order valence-electron chi connectivity index (χ0n) is 14.4. The Labute approximate surface area is 147 Å². The Morgan fingerprint density at radius 2 is 1.84 bits per heavy atom. The molecule has 25 heavy (non-hydrogen) atoms. The molecule has 0 heterocycles. The molecule has 1 aliphatic carbocycles. The van der Waals surface area contributed by atoms with Crippen molar-refractivity contribution < 1.29 is 14.3 Å². The number of methoxy groups -OCH3 is 1. The Balaban J connectivity index is 1.59. The Kier molecular flexibility index (Phi) is 5.03. The van der Waals surface area contributed by atoms with Crippen LogP contribution in [0, 0.1) is 5.92 Å². The zero-order chi connectivity index (χ0) is 17.8. The highest BCUT2D eigenvalue weighted by Crippen LogP contribution is 2.35. The molecule has 2 atom stereocenters. The van der Waals surface area contributed by atoms with Crippen LogP contribution in [0.15, 0.2) is 48.5 Å². The van der Waals surface area contributed by atoms with E-state index in [1.54, 1.807) is 24.3 Å². The van der Waals surface area contributed by atoms with Crippen molar-refractivity contribution in [2.75, 3.05) is 13.7 Å². The predicted molar refractivity (Wildman–Crippen MR) is 95.5 cm³/mol. The fourth-order valence-corrected chi connectivity index (χ4v) is 3.33. The van der Waals surface area contributed by atoms with Gasteiger partial charge in [-0.2, -0.15) is 0 Å². The third kappa shape index (κ3) is 3.65. The van der Waals surface area contributed by atoms with Gasteiger partial charge in [-0.3, -0.25) is 9.59 Å². The second-order valence-corrected chi connectivity index (χ2v) is 6.31. The SMILES string of the molecule is COc1ccccc1C(=O)NCC(=O)N[C@@H]1c2ccccc2C[C@H]1C. The highest BCUT2D eigenvalue weighted by Gasteiger charge is 2.30. The number of fused-ring (bicyclic) bond motifs is 1. The van der Waals surface area contributed by atoms with Gasteiger partial charge in [-0.05, 0) is 35.6 Å². The van der Waals surface area contributed by atoms with Gasteiger partial charge in [0.15, 0.2) is 0 Å². The summed E-state index contributed by atoms with van der Waals surface area (Å²) in [4.78, 5) is 24.5. The molecule has 130 valence electrons. The number of para-hydroxylation sites is 1. The zero-order valence-corrected chi connectivity index (χ0v) is 14.4. The number of carbonyl (C=O) groups excluding carboxylic acids is 2. The Bertz CT molecular complexity index is 788. The van der Waals surface area contributed by atoms with Crippen LogP contribution in [-0.2, 0) is 11.2 Å². The van der Waals surface area contributed by atoms with Crippen LogP contribution in [0.5, 0.6) is 5.75 Å². The summed E-state index contributed by atoms with van der Waals surface area (Å²) in [5.74, 6) is 0.300. The van der Waals surface area contributed by atoms with Gasteiger partial charge in [0, 0.05) is 0 Å². The van der Waals surface area contributed by atoms with Gasteiger partial charge in [0.1, 0.15) is 5.75 Å². The Morgan fingerprint density at radius 3 is 2.64 bits per heavy atom. The van der Waals surface area contributed by atoms with Crippen molar-refractivity contribution in [3.05, 3.63) is 65.2 Å². The van der Waals surface area contributed by atoms with E-state index in [9.17, 15) is 9.59 Å². The number of carbonyl (C=O) groups is 2. The molecule has 0 saturated carbocycles. The van der Waals surface area contributed by atoms with Crippen LogP contribution < -0.4 is 15.4 Å². The van der Waals surface area contributed by atoms with E-state index in [0.29, 0.717) is 17.2 Å². The molecule has 2 aromatic rings. The summed E-state index contributed by atoms with van der Waals surface area (Å²) in [6.07, 6.45) is 0.953. The average molecular weight is 338 g/mol. The first-order valence-corrected chi connectivity index (χ1v) is 8.38. The van der Waals surface area contributed by atoms with E-state index in [0.717, 1.165) is 6.42 Å². The van der Waals surface area contributed by atoms with E-state index in [4.69, 9.17) is 4.74 Å². The molecule has 5 nitrogen and oxygen atoms in total. The van der Waals surface area contributed by atoms with E-state index >= 15 is 0 Å². The molecule has 0 spiro atoms. The molecule has 0 saturated heterocycles. The maximum atomic E-state index is 12.3. The quantitative estimate of drug-likeness (QED) is 0.880. The third-order valence-electron chi connectivity index (χ3n) is 4.58. The van der Waals surface area contributed by atoms with Crippen LogP contribution in [0.25, 0.3) is 0 Å². The summed E-state index contributed by atoms with van der Waals surface area (Å²) in [6, 6.07) is 15.1.